The lowest BCUT2D eigenvalue weighted by molar-refractivity contribution is 0.102. The van der Waals surface area contributed by atoms with E-state index in [1.807, 2.05) is 41.7 Å². The normalized spacial score (nSPS) is 14.8. The molecule has 3 nitrogen and oxygen atoms in total. The fourth-order valence-electron chi connectivity index (χ4n) is 2.14. The number of pyridine rings is 1. The first-order chi connectivity index (χ1) is 11.5. The summed E-state index contributed by atoms with van der Waals surface area (Å²) in [5, 5.41) is 2.72. The van der Waals surface area contributed by atoms with Gasteiger partial charge in [0.1, 0.15) is 10.8 Å². The number of thioether (sulfide) groups is 2. The SMILES string of the molecule is O=C(Nc1cccc(C2SCCS2)c1)c1nc(Cl)c(Cl)c(Cl)c1Cl. The molecule has 9 heteroatoms. The molecule has 2 aromatic rings. The lowest BCUT2D eigenvalue weighted by Crippen LogP contribution is -2.15. The predicted molar refractivity (Wildman–Crippen MR) is 106 cm³/mol. The Morgan fingerprint density at radius 1 is 1.08 bits per heavy atom. The number of nitrogens with zero attached hydrogens (tertiary/aromatic N) is 1. The van der Waals surface area contributed by atoms with Crippen LogP contribution in [0.4, 0.5) is 5.69 Å². The Hall–Kier alpha value is -0.300. The highest BCUT2D eigenvalue weighted by atomic mass is 35.5. The summed E-state index contributed by atoms with van der Waals surface area (Å²) in [7, 11) is 0. The second-order valence-corrected chi connectivity index (χ2v) is 9.06. The fourth-order valence-corrected chi connectivity index (χ4v) is 5.79. The minimum absolute atomic E-state index is 0.0102. The van der Waals surface area contributed by atoms with E-state index in [0.717, 1.165) is 17.1 Å². The van der Waals surface area contributed by atoms with Crippen molar-refractivity contribution in [3.63, 3.8) is 0 Å². The number of halogens is 4. The molecule has 0 aliphatic carbocycles. The minimum Gasteiger partial charge on any atom is -0.321 e. The van der Waals surface area contributed by atoms with E-state index < -0.39 is 5.91 Å². The highest BCUT2D eigenvalue weighted by molar-refractivity contribution is 8.19. The molecule has 0 atom stereocenters. The summed E-state index contributed by atoms with van der Waals surface area (Å²) in [6.45, 7) is 0. The maximum atomic E-state index is 12.5. The van der Waals surface area contributed by atoms with Crippen molar-refractivity contribution < 1.29 is 4.79 Å². The molecule has 1 aromatic heterocycles. The number of hydrogen-bond donors (Lipinski definition) is 1. The van der Waals surface area contributed by atoms with E-state index in [0.29, 0.717) is 10.3 Å². The molecule has 24 heavy (non-hydrogen) atoms. The van der Waals surface area contributed by atoms with Gasteiger partial charge in [-0.3, -0.25) is 4.79 Å². The van der Waals surface area contributed by atoms with E-state index in [4.69, 9.17) is 46.4 Å². The van der Waals surface area contributed by atoms with Gasteiger partial charge < -0.3 is 5.32 Å². The van der Waals surface area contributed by atoms with Gasteiger partial charge in [-0.2, -0.15) is 0 Å². The van der Waals surface area contributed by atoms with E-state index in [9.17, 15) is 4.79 Å². The zero-order valence-corrected chi connectivity index (χ0v) is 16.6. The van der Waals surface area contributed by atoms with E-state index in [1.165, 1.54) is 0 Å². The average molecular weight is 440 g/mol. The topological polar surface area (TPSA) is 42.0 Å². The lowest BCUT2D eigenvalue weighted by atomic mass is 10.2. The smallest absolute Gasteiger partial charge is 0.275 e. The van der Waals surface area contributed by atoms with Crippen molar-refractivity contribution in [2.24, 2.45) is 0 Å². The van der Waals surface area contributed by atoms with Crippen LogP contribution in [0.25, 0.3) is 0 Å². The van der Waals surface area contributed by atoms with Gasteiger partial charge in [0.2, 0.25) is 0 Å². The molecule has 1 aliphatic heterocycles. The molecule has 0 unspecified atom stereocenters. The Labute approximate surface area is 167 Å². The molecule has 0 bridgehead atoms. The van der Waals surface area contributed by atoms with Crippen LogP contribution in [0.1, 0.15) is 20.6 Å². The van der Waals surface area contributed by atoms with Crippen molar-refractivity contribution in [2.75, 3.05) is 16.8 Å². The number of rotatable bonds is 3. The van der Waals surface area contributed by atoms with Crippen LogP contribution < -0.4 is 5.32 Å². The third-order valence-corrected chi connectivity index (χ3v) is 8.02. The van der Waals surface area contributed by atoms with Gasteiger partial charge in [0.15, 0.2) is 0 Å². The second kappa shape index (κ2) is 7.94. The molecule has 1 aromatic carbocycles. The molecule has 1 N–H and O–H groups in total. The summed E-state index contributed by atoms with van der Waals surface area (Å²) in [6, 6.07) is 7.70. The first-order valence-electron chi connectivity index (χ1n) is 6.82. The molecule has 1 fully saturated rings. The maximum Gasteiger partial charge on any atom is 0.275 e. The van der Waals surface area contributed by atoms with Crippen LogP contribution >= 0.6 is 69.9 Å². The second-order valence-electron chi connectivity index (χ2n) is 4.85. The Kier molecular flexibility index (Phi) is 6.11. The highest BCUT2D eigenvalue weighted by Crippen LogP contribution is 2.45. The van der Waals surface area contributed by atoms with Crippen molar-refractivity contribution in [3.05, 3.63) is 55.7 Å². The third-order valence-electron chi connectivity index (χ3n) is 3.24. The number of carbonyl (C=O) groups is 1. The zero-order valence-electron chi connectivity index (χ0n) is 12.0. The quantitative estimate of drug-likeness (QED) is 0.559. The molecular weight excluding hydrogens is 430 g/mol. The van der Waals surface area contributed by atoms with Gasteiger partial charge in [-0.15, -0.1) is 23.5 Å². The summed E-state index contributed by atoms with van der Waals surface area (Å²) in [4.78, 5) is 16.4. The molecule has 0 spiro atoms. The summed E-state index contributed by atoms with van der Waals surface area (Å²) < 4.78 is 0.392. The van der Waals surface area contributed by atoms with E-state index in [1.54, 1.807) is 6.07 Å². The van der Waals surface area contributed by atoms with E-state index in [2.05, 4.69) is 10.3 Å². The van der Waals surface area contributed by atoms with Gasteiger partial charge in [-0.25, -0.2) is 4.98 Å². The monoisotopic (exact) mass is 438 g/mol. The van der Waals surface area contributed by atoms with E-state index in [-0.39, 0.29) is 25.9 Å². The summed E-state index contributed by atoms with van der Waals surface area (Å²) in [5.74, 6) is 1.77. The van der Waals surface area contributed by atoms with Gasteiger partial charge in [-0.05, 0) is 17.7 Å². The van der Waals surface area contributed by atoms with E-state index >= 15 is 0 Å². The Balaban J connectivity index is 1.84. The number of carbonyl (C=O) groups excluding carboxylic acids is 1. The molecule has 3 rings (SSSR count). The Bertz CT molecular complexity index is 797. The van der Waals surface area contributed by atoms with Crippen molar-refractivity contribution in [3.8, 4) is 0 Å². The first kappa shape index (κ1) is 18.5. The van der Waals surface area contributed by atoms with Crippen molar-refractivity contribution in [1.29, 1.82) is 0 Å². The molecule has 1 saturated heterocycles. The van der Waals surface area contributed by atoms with Crippen LogP contribution in [0.3, 0.4) is 0 Å². The van der Waals surface area contributed by atoms with Gasteiger partial charge in [-0.1, -0.05) is 58.5 Å². The molecule has 1 amide bonds. The maximum absolute atomic E-state index is 12.5. The third kappa shape index (κ3) is 3.92. The van der Waals surface area contributed by atoms with Gasteiger partial charge in [0, 0.05) is 17.2 Å². The van der Waals surface area contributed by atoms with Crippen LogP contribution in [0.2, 0.25) is 20.2 Å². The minimum atomic E-state index is -0.496. The van der Waals surface area contributed by atoms with Crippen molar-refractivity contribution in [2.45, 2.75) is 4.58 Å². The van der Waals surface area contributed by atoms with Crippen LogP contribution in [0.5, 0.6) is 0 Å². The molecule has 2 heterocycles. The molecule has 126 valence electrons. The van der Waals surface area contributed by atoms with Crippen LogP contribution in [0, 0.1) is 0 Å². The van der Waals surface area contributed by atoms with Crippen molar-refractivity contribution >= 4 is 81.5 Å². The lowest BCUT2D eigenvalue weighted by Gasteiger charge is -2.12. The number of benzene rings is 1. The Morgan fingerprint density at radius 2 is 1.79 bits per heavy atom. The number of anilines is 1. The van der Waals surface area contributed by atoms with Gasteiger partial charge in [0.05, 0.1) is 19.6 Å². The van der Waals surface area contributed by atoms with Crippen molar-refractivity contribution in [1.82, 2.24) is 4.98 Å². The van der Waals surface area contributed by atoms with Gasteiger partial charge >= 0.3 is 0 Å². The fraction of sp³-hybridized carbons (Fsp3) is 0.200. The molecular formula is C15H10Cl4N2OS2. The summed E-state index contributed by atoms with van der Waals surface area (Å²) in [6.07, 6.45) is 0. The van der Waals surface area contributed by atoms with Crippen LogP contribution in [0.15, 0.2) is 24.3 Å². The zero-order chi connectivity index (χ0) is 17.3. The largest absolute Gasteiger partial charge is 0.321 e. The first-order valence-corrected chi connectivity index (χ1v) is 10.4. The number of hydrogen-bond acceptors (Lipinski definition) is 4. The average Bonchev–Trinajstić information content (AvgIpc) is 3.11. The predicted octanol–water partition coefficient (Wildman–Crippen LogP) is 6.43. The standard InChI is InChI=1S/C15H10Cl4N2OS2/c16-9-10(17)12(21-13(19)11(9)18)14(22)20-8-3-1-2-7(6-8)15-23-4-5-24-15/h1-3,6,15H,4-5H2,(H,20,22). The van der Waals surface area contributed by atoms with Crippen LogP contribution in [-0.2, 0) is 0 Å². The highest BCUT2D eigenvalue weighted by Gasteiger charge is 2.22. The number of aromatic nitrogens is 1. The Morgan fingerprint density at radius 3 is 2.50 bits per heavy atom. The molecule has 0 radical (unpaired) electrons. The summed E-state index contributed by atoms with van der Waals surface area (Å²) >= 11 is 27.6. The summed E-state index contributed by atoms with van der Waals surface area (Å²) in [5.41, 5.74) is 1.75. The molecule has 1 aliphatic rings. The van der Waals surface area contributed by atoms with Crippen LogP contribution in [-0.4, -0.2) is 22.4 Å². The number of nitrogens with one attached hydrogen (secondary N) is 1. The van der Waals surface area contributed by atoms with Gasteiger partial charge in [0.25, 0.3) is 5.91 Å². The molecule has 0 saturated carbocycles. The number of amides is 1.